The molecule has 2 rings (SSSR count). The number of nitrogens with zero attached hydrogens (tertiary/aromatic N) is 2. The van der Waals surface area contributed by atoms with E-state index in [0.717, 1.165) is 17.0 Å². The summed E-state index contributed by atoms with van der Waals surface area (Å²) in [5.74, 6) is 6.43. The minimum absolute atomic E-state index is 0.0359. The zero-order valence-electron chi connectivity index (χ0n) is 11.1. The van der Waals surface area contributed by atoms with Crippen LogP contribution in [0.3, 0.4) is 0 Å². The van der Waals surface area contributed by atoms with Gasteiger partial charge in [-0.15, -0.1) is 5.92 Å². The molecule has 0 bridgehead atoms. The predicted molar refractivity (Wildman–Crippen MR) is 75.1 cm³/mol. The first kappa shape index (κ1) is 13.2. The summed E-state index contributed by atoms with van der Waals surface area (Å²) in [5.41, 5.74) is 7.81. The van der Waals surface area contributed by atoms with Crippen LogP contribution >= 0.6 is 0 Å². The lowest BCUT2D eigenvalue weighted by atomic mass is 10.1. The highest BCUT2D eigenvalue weighted by molar-refractivity contribution is 5.49. The van der Waals surface area contributed by atoms with Crippen molar-refractivity contribution < 1.29 is 4.74 Å². The number of hydrogen-bond acceptors (Lipinski definition) is 3. The molecule has 0 amide bonds. The third-order valence-corrected chi connectivity index (χ3v) is 2.74. The predicted octanol–water partition coefficient (Wildman–Crippen LogP) is 2.29. The fourth-order valence-electron chi connectivity index (χ4n) is 1.72. The van der Waals surface area contributed by atoms with Gasteiger partial charge in [0.1, 0.15) is 18.0 Å². The Bertz CT molecular complexity index is 592. The Balaban J connectivity index is 2.37. The van der Waals surface area contributed by atoms with Crippen LogP contribution in [0.1, 0.15) is 25.5 Å². The largest absolute Gasteiger partial charge is 0.479 e. The maximum atomic E-state index is 5.90. The number of nitrogens with two attached hydrogens (primary N) is 1. The maximum Gasteiger partial charge on any atom is 0.149 e. The monoisotopic (exact) mass is 255 g/mol. The van der Waals surface area contributed by atoms with E-state index in [1.54, 1.807) is 17.8 Å². The number of ether oxygens (including phenoxy) is 1. The van der Waals surface area contributed by atoms with Crippen molar-refractivity contribution in [1.29, 1.82) is 0 Å². The Morgan fingerprint density at radius 1 is 1.47 bits per heavy atom. The van der Waals surface area contributed by atoms with Gasteiger partial charge >= 0.3 is 0 Å². The molecule has 0 saturated heterocycles. The van der Waals surface area contributed by atoms with Gasteiger partial charge in [0.05, 0.1) is 0 Å². The van der Waals surface area contributed by atoms with Crippen molar-refractivity contribution in [2.75, 3.05) is 6.61 Å². The number of aromatic nitrogens is 2. The van der Waals surface area contributed by atoms with Gasteiger partial charge in [-0.2, -0.15) is 5.10 Å². The van der Waals surface area contributed by atoms with Crippen molar-refractivity contribution in [2.45, 2.75) is 19.9 Å². The summed E-state index contributed by atoms with van der Waals surface area (Å²) in [6, 6.07) is 7.72. The molecule has 1 heterocycles. The molecule has 4 heteroatoms. The molecular formula is C15H17N3O. The molecule has 0 aliphatic heterocycles. The van der Waals surface area contributed by atoms with E-state index in [9.17, 15) is 0 Å². The van der Waals surface area contributed by atoms with Gasteiger partial charge in [0, 0.05) is 18.4 Å². The Morgan fingerprint density at radius 3 is 2.95 bits per heavy atom. The van der Waals surface area contributed by atoms with Crippen LogP contribution < -0.4 is 10.5 Å². The van der Waals surface area contributed by atoms with Gasteiger partial charge in [-0.05, 0) is 37.6 Å². The van der Waals surface area contributed by atoms with Gasteiger partial charge in [-0.3, -0.25) is 0 Å². The minimum atomic E-state index is -0.0359. The highest BCUT2D eigenvalue weighted by Gasteiger charge is 2.09. The second kappa shape index (κ2) is 6.07. The number of hydrogen-bond donors (Lipinski definition) is 1. The summed E-state index contributed by atoms with van der Waals surface area (Å²) in [4.78, 5) is 0. The summed E-state index contributed by atoms with van der Waals surface area (Å²) in [5, 5.41) is 4.22. The standard InChI is InChI=1S/C15H17N3O/c1-3-4-10-19-15-11-13(12(2)16)6-7-14(15)18-9-5-8-17-18/h5-9,11-12H,10,16H2,1-2H3/t12-/m1/s1. The van der Waals surface area contributed by atoms with E-state index in [2.05, 4.69) is 16.9 Å². The Hall–Kier alpha value is -2.25. The second-order valence-electron chi connectivity index (χ2n) is 4.18. The molecule has 0 aliphatic carbocycles. The van der Waals surface area contributed by atoms with Crippen molar-refractivity contribution >= 4 is 0 Å². The summed E-state index contributed by atoms with van der Waals surface area (Å²) in [7, 11) is 0. The fraction of sp³-hybridized carbons (Fsp3) is 0.267. The molecule has 0 aliphatic rings. The molecular weight excluding hydrogens is 238 g/mol. The van der Waals surface area contributed by atoms with E-state index < -0.39 is 0 Å². The van der Waals surface area contributed by atoms with Crippen molar-refractivity contribution in [3.8, 4) is 23.3 Å². The van der Waals surface area contributed by atoms with Crippen LogP contribution in [0.5, 0.6) is 5.75 Å². The topological polar surface area (TPSA) is 53.1 Å². The SMILES string of the molecule is CC#CCOc1cc([C@@H](C)N)ccc1-n1cccn1. The van der Waals surface area contributed by atoms with Crippen molar-refractivity contribution in [3.63, 3.8) is 0 Å². The maximum absolute atomic E-state index is 5.90. The average Bonchev–Trinajstić information content (AvgIpc) is 2.92. The average molecular weight is 255 g/mol. The van der Waals surface area contributed by atoms with E-state index in [1.165, 1.54) is 0 Å². The van der Waals surface area contributed by atoms with E-state index in [-0.39, 0.29) is 6.04 Å². The molecule has 2 aromatic rings. The van der Waals surface area contributed by atoms with Crippen LogP contribution in [0.25, 0.3) is 5.69 Å². The molecule has 1 atom stereocenters. The lowest BCUT2D eigenvalue weighted by Gasteiger charge is -2.13. The van der Waals surface area contributed by atoms with Gasteiger partial charge in [-0.1, -0.05) is 12.0 Å². The number of benzene rings is 1. The number of rotatable bonds is 4. The quantitative estimate of drug-likeness (QED) is 0.853. The van der Waals surface area contributed by atoms with Gasteiger partial charge in [0.2, 0.25) is 0 Å². The van der Waals surface area contributed by atoms with Crippen molar-refractivity contribution in [1.82, 2.24) is 9.78 Å². The normalized spacial score (nSPS) is 11.5. The van der Waals surface area contributed by atoms with Crippen LogP contribution in [-0.2, 0) is 0 Å². The molecule has 0 spiro atoms. The van der Waals surface area contributed by atoms with E-state index in [4.69, 9.17) is 10.5 Å². The molecule has 19 heavy (non-hydrogen) atoms. The van der Waals surface area contributed by atoms with Gasteiger partial charge < -0.3 is 10.5 Å². The molecule has 1 aromatic heterocycles. The third-order valence-electron chi connectivity index (χ3n) is 2.74. The summed E-state index contributed by atoms with van der Waals surface area (Å²) in [6.07, 6.45) is 3.61. The smallest absolute Gasteiger partial charge is 0.149 e. The van der Waals surface area contributed by atoms with E-state index in [1.807, 2.05) is 37.4 Å². The van der Waals surface area contributed by atoms with Crippen LogP contribution in [0.4, 0.5) is 0 Å². The van der Waals surface area contributed by atoms with Crippen molar-refractivity contribution in [3.05, 3.63) is 42.2 Å². The molecule has 0 saturated carbocycles. The second-order valence-corrected chi connectivity index (χ2v) is 4.18. The first-order valence-corrected chi connectivity index (χ1v) is 6.14. The van der Waals surface area contributed by atoms with Crippen LogP contribution in [0.2, 0.25) is 0 Å². The molecule has 0 unspecified atom stereocenters. The molecule has 0 radical (unpaired) electrons. The van der Waals surface area contributed by atoms with Crippen LogP contribution in [-0.4, -0.2) is 16.4 Å². The molecule has 98 valence electrons. The van der Waals surface area contributed by atoms with Crippen molar-refractivity contribution in [2.24, 2.45) is 5.73 Å². The lowest BCUT2D eigenvalue weighted by molar-refractivity contribution is 0.367. The highest BCUT2D eigenvalue weighted by Crippen LogP contribution is 2.26. The van der Waals surface area contributed by atoms with Gasteiger partial charge in [0.25, 0.3) is 0 Å². The molecule has 4 nitrogen and oxygen atoms in total. The summed E-state index contributed by atoms with van der Waals surface area (Å²) >= 11 is 0. The Kier molecular flexibility index (Phi) is 4.22. The van der Waals surface area contributed by atoms with Crippen LogP contribution in [0, 0.1) is 11.8 Å². The summed E-state index contributed by atoms with van der Waals surface area (Å²) < 4.78 is 7.47. The highest BCUT2D eigenvalue weighted by atomic mass is 16.5. The van der Waals surface area contributed by atoms with Gasteiger partial charge in [0.15, 0.2) is 0 Å². The third kappa shape index (κ3) is 3.15. The Morgan fingerprint density at radius 2 is 2.32 bits per heavy atom. The lowest BCUT2D eigenvalue weighted by Crippen LogP contribution is -2.07. The van der Waals surface area contributed by atoms with Gasteiger partial charge in [-0.25, -0.2) is 4.68 Å². The Labute approximate surface area is 113 Å². The van der Waals surface area contributed by atoms with E-state index >= 15 is 0 Å². The minimum Gasteiger partial charge on any atom is -0.479 e. The first-order valence-electron chi connectivity index (χ1n) is 6.14. The zero-order chi connectivity index (χ0) is 13.7. The molecule has 1 aromatic carbocycles. The summed E-state index contributed by atoms with van der Waals surface area (Å²) in [6.45, 7) is 4.09. The van der Waals surface area contributed by atoms with E-state index in [0.29, 0.717) is 6.61 Å². The fourth-order valence-corrected chi connectivity index (χ4v) is 1.72. The van der Waals surface area contributed by atoms with Crippen LogP contribution in [0.15, 0.2) is 36.7 Å². The molecule has 0 fully saturated rings. The first-order chi connectivity index (χ1) is 9.22. The zero-order valence-corrected chi connectivity index (χ0v) is 11.1. The molecule has 2 N–H and O–H groups in total.